The van der Waals surface area contributed by atoms with Gasteiger partial charge in [-0.1, -0.05) is 0 Å². The molecule has 1 aliphatic rings. The Kier molecular flexibility index (Phi) is 8.03. The van der Waals surface area contributed by atoms with Gasteiger partial charge in [-0.15, -0.1) is 0 Å². The van der Waals surface area contributed by atoms with E-state index >= 15 is 0 Å². The summed E-state index contributed by atoms with van der Waals surface area (Å²) in [4.78, 5) is 17.8. The molecule has 1 fully saturated rings. The van der Waals surface area contributed by atoms with Crippen molar-refractivity contribution in [2.45, 2.75) is 44.4 Å². The minimum absolute atomic E-state index is 0.146. The molecule has 0 aromatic heterocycles. The van der Waals surface area contributed by atoms with Crippen molar-refractivity contribution in [2.24, 2.45) is 10.7 Å². The Morgan fingerprint density at radius 2 is 2.05 bits per heavy atom. The van der Waals surface area contributed by atoms with Gasteiger partial charge in [0.15, 0.2) is 5.96 Å². The van der Waals surface area contributed by atoms with Crippen LogP contribution in [0.15, 0.2) is 4.99 Å². The molecule has 1 rings (SSSR count). The number of thioether (sulfide) groups is 1. The van der Waals surface area contributed by atoms with Crippen molar-refractivity contribution in [3.8, 4) is 0 Å². The van der Waals surface area contributed by atoms with E-state index in [9.17, 15) is 4.79 Å². The van der Waals surface area contributed by atoms with Crippen molar-refractivity contribution in [2.75, 3.05) is 39.0 Å². The summed E-state index contributed by atoms with van der Waals surface area (Å²) in [6.45, 7) is 10.3. The minimum atomic E-state index is -0.249. The fraction of sp³-hybridized carbons (Fsp3) is 0.867. The molecule has 0 spiro atoms. The molecule has 4 N–H and O–H groups in total. The van der Waals surface area contributed by atoms with E-state index in [4.69, 9.17) is 10.7 Å². The van der Waals surface area contributed by atoms with E-state index in [1.807, 2.05) is 11.8 Å². The average molecular weight is 330 g/mol. The number of primary amides is 1. The van der Waals surface area contributed by atoms with Gasteiger partial charge in [0.1, 0.15) is 0 Å². The number of piperidine rings is 1. The molecule has 0 aromatic rings. The Morgan fingerprint density at radius 1 is 1.41 bits per heavy atom. The maximum absolute atomic E-state index is 11.0. The maximum atomic E-state index is 11.0. The fourth-order valence-corrected chi connectivity index (χ4v) is 2.50. The molecule has 1 saturated heterocycles. The number of hydrogen-bond acceptors (Lipinski definition) is 4. The number of carbonyl (C=O) groups is 1. The molecule has 6 nitrogen and oxygen atoms in total. The van der Waals surface area contributed by atoms with Gasteiger partial charge in [-0.25, -0.2) is 0 Å². The van der Waals surface area contributed by atoms with Gasteiger partial charge >= 0.3 is 0 Å². The van der Waals surface area contributed by atoms with Crippen molar-refractivity contribution < 1.29 is 4.79 Å². The molecule has 0 bridgehead atoms. The first kappa shape index (κ1) is 19.1. The Bertz CT molecular complexity index is 378. The summed E-state index contributed by atoms with van der Waals surface area (Å²) < 4.78 is 0.146. The number of nitrogens with two attached hydrogens (primary N) is 1. The smallest absolute Gasteiger partial charge is 0.231 e. The van der Waals surface area contributed by atoms with E-state index in [2.05, 4.69) is 42.6 Å². The number of rotatable bonds is 7. The minimum Gasteiger partial charge on any atom is -0.369 e. The standard InChI is InChI=1S/C15H31N5OS/c1-5-17-14(18-11-15(2,3)22-4)19-12-6-8-20(9-7-12)10-13(16)21/h12H,5-11H2,1-4H3,(H2,16,21)(H2,17,18,19). The fourth-order valence-electron chi connectivity index (χ4n) is 2.30. The second-order valence-electron chi connectivity index (χ2n) is 6.32. The van der Waals surface area contributed by atoms with Crippen LogP contribution in [0.2, 0.25) is 0 Å². The van der Waals surface area contributed by atoms with E-state index in [0.29, 0.717) is 12.6 Å². The normalized spacial score (nSPS) is 18.3. The topological polar surface area (TPSA) is 82.8 Å². The number of carbonyl (C=O) groups excluding carboxylic acids is 1. The van der Waals surface area contributed by atoms with Crippen LogP contribution >= 0.6 is 11.8 Å². The number of nitrogens with zero attached hydrogens (tertiary/aromatic N) is 2. The Hall–Kier alpha value is -0.950. The number of nitrogens with one attached hydrogen (secondary N) is 2. The molecular formula is C15H31N5OS. The van der Waals surface area contributed by atoms with E-state index in [1.54, 1.807) is 0 Å². The molecule has 22 heavy (non-hydrogen) atoms. The molecule has 128 valence electrons. The predicted molar refractivity (Wildman–Crippen MR) is 95.4 cm³/mol. The van der Waals surface area contributed by atoms with Gasteiger partial charge in [-0.05, 0) is 39.9 Å². The first-order valence-corrected chi connectivity index (χ1v) is 9.19. The molecular weight excluding hydrogens is 298 g/mol. The summed E-state index contributed by atoms with van der Waals surface area (Å²) in [6.07, 6.45) is 4.12. The lowest BCUT2D eigenvalue weighted by Crippen LogP contribution is -2.50. The zero-order valence-electron chi connectivity index (χ0n) is 14.3. The highest BCUT2D eigenvalue weighted by atomic mass is 32.2. The van der Waals surface area contributed by atoms with Crippen LogP contribution in [0.1, 0.15) is 33.6 Å². The zero-order valence-corrected chi connectivity index (χ0v) is 15.1. The summed E-state index contributed by atoms with van der Waals surface area (Å²) >= 11 is 1.83. The van der Waals surface area contributed by atoms with Crippen LogP contribution in [0, 0.1) is 0 Å². The van der Waals surface area contributed by atoms with Gasteiger partial charge in [0.2, 0.25) is 5.91 Å². The molecule has 7 heteroatoms. The number of likely N-dealkylation sites (tertiary alicyclic amines) is 1. The van der Waals surface area contributed by atoms with Crippen LogP contribution in [0.3, 0.4) is 0 Å². The number of amides is 1. The highest BCUT2D eigenvalue weighted by Crippen LogP contribution is 2.21. The molecule has 0 radical (unpaired) electrons. The van der Waals surface area contributed by atoms with Crippen molar-refractivity contribution in [1.82, 2.24) is 15.5 Å². The van der Waals surface area contributed by atoms with E-state index < -0.39 is 0 Å². The third-order valence-corrected chi connectivity index (χ3v) is 5.06. The highest BCUT2D eigenvalue weighted by Gasteiger charge is 2.21. The largest absolute Gasteiger partial charge is 0.369 e. The molecule has 1 aliphatic heterocycles. The second kappa shape index (κ2) is 9.25. The third-order valence-electron chi connectivity index (χ3n) is 3.82. The molecule has 0 unspecified atom stereocenters. The lowest BCUT2D eigenvalue weighted by molar-refractivity contribution is -0.119. The summed E-state index contributed by atoms with van der Waals surface area (Å²) in [7, 11) is 0. The summed E-state index contributed by atoms with van der Waals surface area (Å²) in [5.74, 6) is 0.638. The zero-order chi connectivity index (χ0) is 16.6. The number of guanidine groups is 1. The maximum Gasteiger partial charge on any atom is 0.231 e. The lowest BCUT2D eigenvalue weighted by Gasteiger charge is -2.32. The first-order chi connectivity index (χ1) is 10.4. The Morgan fingerprint density at radius 3 is 2.55 bits per heavy atom. The lowest BCUT2D eigenvalue weighted by atomic mass is 10.1. The van der Waals surface area contributed by atoms with Crippen LogP contribution in [0.4, 0.5) is 0 Å². The van der Waals surface area contributed by atoms with Crippen LogP contribution in [0.25, 0.3) is 0 Å². The summed E-state index contributed by atoms with van der Waals surface area (Å²) in [5, 5.41) is 6.83. The van der Waals surface area contributed by atoms with E-state index in [0.717, 1.165) is 45.0 Å². The monoisotopic (exact) mass is 329 g/mol. The molecule has 0 aliphatic carbocycles. The number of aliphatic imine (C=N–C) groups is 1. The van der Waals surface area contributed by atoms with Gasteiger partial charge < -0.3 is 16.4 Å². The van der Waals surface area contributed by atoms with Crippen molar-refractivity contribution in [3.63, 3.8) is 0 Å². The van der Waals surface area contributed by atoms with Crippen LogP contribution in [0.5, 0.6) is 0 Å². The third kappa shape index (κ3) is 7.35. The van der Waals surface area contributed by atoms with Gasteiger partial charge in [0, 0.05) is 30.4 Å². The Balaban J connectivity index is 2.47. The molecule has 0 aromatic carbocycles. The van der Waals surface area contributed by atoms with Crippen LogP contribution < -0.4 is 16.4 Å². The highest BCUT2D eigenvalue weighted by molar-refractivity contribution is 7.99. The average Bonchev–Trinajstić information content (AvgIpc) is 2.46. The van der Waals surface area contributed by atoms with E-state index in [1.165, 1.54) is 0 Å². The molecule has 0 atom stereocenters. The summed E-state index contributed by atoms with van der Waals surface area (Å²) in [5.41, 5.74) is 5.24. The van der Waals surface area contributed by atoms with E-state index in [-0.39, 0.29) is 10.7 Å². The predicted octanol–water partition coefficient (Wildman–Crippen LogP) is 0.633. The first-order valence-electron chi connectivity index (χ1n) is 7.97. The SMILES string of the molecule is CCNC(=NCC(C)(C)SC)NC1CCN(CC(N)=O)CC1. The molecule has 1 heterocycles. The molecule has 1 amide bonds. The van der Waals surface area contributed by atoms with Crippen molar-refractivity contribution in [1.29, 1.82) is 0 Å². The van der Waals surface area contributed by atoms with Gasteiger partial charge in [0.05, 0.1) is 13.1 Å². The van der Waals surface area contributed by atoms with Crippen molar-refractivity contribution in [3.05, 3.63) is 0 Å². The second-order valence-corrected chi connectivity index (χ2v) is 7.83. The van der Waals surface area contributed by atoms with Gasteiger partial charge in [-0.3, -0.25) is 14.7 Å². The Labute approximate surface area is 138 Å². The van der Waals surface area contributed by atoms with Gasteiger partial charge in [0.25, 0.3) is 0 Å². The molecule has 0 saturated carbocycles. The van der Waals surface area contributed by atoms with Crippen molar-refractivity contribution >= 4 is 23.6 Å². The quantitative estimate of drug-likeness (QED) is 0.471. The number of hydrogen-bond donors (Lipinski definition) is 3. The van der Waals surface area contributed by atoms with Gasteiger partial charge in [-0.2, -0.15) is 11.8 Å². The van der Waals surface area contributed by atoms with Crippen LogP contribution in [-0.4, -0.2) is 66.5 Å². The summed E-state index contributed by atoms with van der Waals surface area (Å²) in [6, 6.07) is 0.402. The van der Waals surface area contributed by atoms with Crippen LogP contribution in [-0.2, 0) is 4.79 Å².